The third-order valence-electron chi connectivity index (χ3n) is 2.25. The van der Waals surface area contributed by atoms with Gasteiger partial charge in [-0.15, -0.1) is 0 Å². The third kappa shape index (κ3) is 4.31. The molecule has 0 atom stereocenters. The van der Waals surface area contributed by atoms with Gasteiger partial charge in [0.15, 0.2) is 0 Å². The summed E-state index contributed by atoms with van der Waals surface area (Å²) >= 11 is 3.27. The van der Waals surface area contributed by atoms with Gasteiger partial charge in [-0.3, -0.25) is 0 Å². The highest BCUT2D eigenvalue weighted by molar-refractivity contribution is 9.10. The Hall–Kier alpha value is -1.07. The van der Waals surface area contributed by atoms with Crippen LogP contribution in [0.1, 0.15) is 29.8 Å². The van der Waals surface area contributed by atoms with Crippen LogP contribution >= 0.6 is 15.9 Å². The molecule has 0 saturated carbocycles. The number of halogens is 1. The van der Waals surface area contributed by atoms with E-state index >= 15 is 0 Å². The number of carbonyl (C=O) groups is 1. The van der Waals surface area contributed by atoms with Gasteiger partial charge in [0.05, 0.1) is 12.7 Å². The molecule has 1 N–H and O–H groups in total. The summed E-state index contributed by atoms with van der Waals surface area (Å²) in [7, 11) is 0. The number of aryl methyl sites for hydroxylation is 1. The predicted molar refractivity (Wildman–Crippen MR) is 72.4 cm³/mol. The minimum atomic E-state index is -1.00. The van der Waals surface area contributed by atoms with Crippen LogP contribution in [0.15, 0.2) is 16.6 Å². The van der Waals surface area contributed by atoms with E-state index in [9.17, 15) is 4.79 Å². The van der Waals surface area contributed by atoms with Gasteiger partial charge in [0.2, 0.25) is 0 Å². The van der Waals surface area contributed by atoms with Crippen LogP contribution in [0.25, 0.3) is 0 Å². The maximum atomic E-state index is 11.1. The van der Waals surface area contributed by atoms with E-state index in [1.807, 2.05) is 26.8 Å². The molecule has 1 aromatic carbocycles. The molecule has 1 rings (SSSR count). The average molecular weight is 317 g/mol. The minimum absolute atomic E-state index is 0.138. The van der Waals surface area contributed by atoms with Crippen LogP contribution in [0.4, 0.5) is 0 Å². The normalized spacial score (nSPS) is 10.7. The molecule has 0 radical (unpaired) electrons. The Kier molecular flexibility index (Phi) is 5.62. The number of rotatable bonds is 6. The average Bonchev–Trinajstić information content (AvgIpc) is 2.25. The molecule has 0 aliphatic heterocycles. The molecule has 0 heterocycles. The number of hydrogen-bond donors (Lipinski definition) is 1. The highest BCUT2D eigenvalue weighted by Gasteiger charge is 2.15. The van der Waals surface area contributed by atoms with Crippen LogP contribution < -0.4 is 4.74 Å². The fourth-order valence-corrected chi connectivity index (χ4v) is 2.08. The van der Waals surface area contributed by atoms with Gasteiger partial charge in [0.25, 0.3) is 0 Å². The van der Waals surface area contributed by atoms with E-state index in [0.29, 0.717) is 19.0 Å². The summed E-state index contributed by atoms with van der Waals surface area (Å²) in [6.07, 6.45) is 0.138. The van der Waals surface area contributed by atoms with Crippen molar-refractivity contribution in [3.63, 3.8) is 0 Å². The second-order valence-corrected chi connectivity index (χ2v) is 5.09. The second kappa shape index (κ2) is 6.75. The summed E-state index contributed by atoms with van der Waals surface area (Å²) in [5.41, 5.74) is 0.942. The van der Waals surface area contributed by atoms with Crippen molar-refractivity contribution in [3.8, 4) is 5.75 Å². The molecule has 0 unspecified atom stereocenters. The SMILES string of the molecule is Cc1cc(Br)cc(C(=O)O)c1OCCOC(C)C. The first-order valence-electron chi connectivity index (χ1n) is 5.69. The van der Waals surface area contributed by atoms with E-state index < -0.39 is 5.97 Å². The molecule has 0 saturated heterocycles. The van der Waals surface area contributed by atoms with Crippen molar-refractivity contribution in [1.82, 2.24) is 0 Å². The van der Waals surface area contributed by atoms with Gasteiger partial charge in [0.1, 0.15) is 17.9 Å². The Bertz CT molecular complexity index is 429. The standard InChI is InChI=1S/C13H17BrO4/c1-8(2)17-4-5-18-12-9(3)6-10(14)7-11(12)13(15)16/h6-8H,4-5H2,1-3H3,(H,15,16). The Morgan fingerprint density at radius 3 is 2.61 bits per heavy atom. The first-order valence-corrected chi connectivity index (χ1v) is 6.49. The highest BCUT2D eigenvalue weighted by Crippen LogP contribution is 2.28. The van der Waals surface area contributed by atoms with Crippen molar-refractivity contribution < 1.29 is 19.4 Å². The fraction of sp³-hybridized carbons (Fsp3) is 0.462. The molecule has 0 spiro atoms. The Morgan fingerprint density at radius 1 is 1.39 bits per heavy atom. The smallest absolute Gasteiger partial charge is 0.339 e. The van der Waals surface area contributed by atoms with Crippen molar-refractivity contribution in [2.75, 3.05) is 13.2 Å². The van der Waals surface area contributed by atoms with E-state index in [4.69, 9.17) is 14.6 Å². The van der Waals surface area contributed by atoms with Gasteiger partial charge in [0, 0.05) is 4.47 Å². The maximum Gasteiger partial charge on any atom is 0.339 e. The van der Waals surface area contributed by atoms with E-state index in [-0.39, 0.29) is 11.7 Å². The molecule has 5 heteroatoms. The molecule has 0 aliphatic rings. The summed E-state index contributed by atoms with van der Waals surface area (Å²) in [6, 6.07) is 3.36. The van der Waals surface area contributed by atoms with Crippen molar-refractivity contribution in [2.24, 2.45) is 0 Å². The molecule has 0 amide bonds. The van der Waals surface area contributed by atoms with Gasteiger partial charge in [-0.1, -0.05) is 15.9 Å². The van der Waals surface area contributed by atoms with Crippen molar-refractivity contribution in [1.29, 1.82) is 0 Å². The van der Waals surface area contributed by atoms with Crippen molar-refractivity contribution >= 4 is 21.9 Å². The van der Waals surface area contributed by atoms with Crippen LogP contribution in [0, 0.1) is 6.92 Å². The Balaban J connectivity index is 2.77. The third-order valence-corrected chi connectivity index (χ3v) is 2.71. The van der Waals surface area contributed by atoms with Crippen LogP contribution in [-0.2, 0) is 4.74 Å². The monoisotopic (exact) mass is 316 g/mol. The molecule has 0 aromatic heterocycles. The number of benzene rings is 1. The minimum Gasteiger partial charge on any atom is -0.490 e. The number of hydrogen-bond acceptors (Lipinski definition) is 3. The number of carboxylic acids is 1. The quantitative estimate of drug-likeness (QED) is 0.818. The molecule has 100 valence electrons. The zero-order valence-corrected chi connectivity index (χ0v) is 12.3. The molecular formula is C13H17BrO4. The molecule has 0 aliphatic carbocycles. The molecule has 0 fully saturated rings. The lowest BCUT2D eigenvalue weighted by Gasteiger charge is -2.13. The van der Waals surface area contributed by atoms with Crippen molar-refractivity contribution in [2.45, 2.75) is 26.9 Å². The lowest BCUT2D eigenvalue weighted by molar-refractivity contribution is 0.0537. The summed E-state index contributed by atoms with van der Waals surface area (Å²) in [4.78, 5) is 11.1. The number of carboxylic acid groups (broad SMARTS) is 1. The Labute approximate surface area is 115 Å². The molecule has 1 aromatic rings. The second-order valence-electron chi connectivity index (χ2n) is 4.17. The first kappa shape index (κ1) is 15.0. The highest BCUT2D eigenvalue weighted by atomic mass is 79.9. The van der Waals surface area contributed by atoms with E-state index in [2.05, 4.69) is 15.9 Å². The summed E-state index contributed by atoms with van der Waals surface area (Å²) < 4.78 is 11.6. The van der Waals surface area contributed by atoms with Gasteiger partial charge in [-0.2, -0.15) is 0 Å². The number of aromatic carboxylic acids is 1. The predicted octanol–water partition coefficient (Wildman–Crippen LogP) is 3.26. The van der Waals surface area contributed by atoms with Gasteiger partial charge in [-0.05, 0) is 38.5 Å². The largest absolute Gasteiger partial charge is 0.490 e. The summed E-state index contributed by atoms with van der Waals surface area (Å²) in [5, 5.41) is 9.13. The van der Waals surface area contributed by atoms with E-state index in [1.165, 1.54) is 6.07 Å². The maximum absolute atomic E-state index is 11.1. The molecule has 4 nitrogen and oxygen atoms in total. The van der Waals surface area contributed by atoms with E-state index in [1.54, 1.807) is 0 Å². The van der Waals surface area contributed by atoms with E-state index in [0.717, 1.165) is 10.0 Å². The van der Waals surface area contributed by atoms with Crippen LogP contribution in [0.5, 0.6) is 5.75 Å². The van der Waals surface area contributed by atoms with Gasteiger partial charge in [-0.25, -0.2) is 4.79 Å². The zero-order chi connectivity index (χ0) is 13.7. The lowest BCUT2D eigenvalue weighted by Crippen LogP contribution is -2.13. The first-order chi connectivity index (χ1) is 8.41. The van der Waals surface area contributed by atoms with Gasteiger partial charge < -0.3 is 14.6 Å². The summed E-state index contributed by atoms with van der Waals surface area (Å²) in [6.45, 7) is 6.46. The Morgan fingerprint density at radius 2 is 2.06 bits per heavy atom. The topological polar surface area (TPSA) is 55.8 Å². The van der Waals surface area contributed by atoms with Gasteiger partial charge >= 0.3 is 5.97 Å². The van der Waals surface area contributed by atoms with Crippen LogP contribution in [0.2, 0.25) is 0 Å². The van der Waals surface area contributed by atoms with Crippen LogP contribution in [0.3, 0.4) is 0 Å². The number of ether oxygens (including phenoxy) is 2. The van der Waals surface area contributed by atoms with Crippen molar-refractivity contribution in [3.05, 3.63) is 27.7 Å². The molecular weight excluding hydrogens is 300 g/mol. The summed E-state index contributed by atoms with van der Waals surface area (Å²) in [5.74, 6) is -0.600. The zero-order valence-electron chi connectivity index (χ0n) is 10.7. The molecule has 0 bridgehead atoms. The fourth-order valence-electron chi connectivity index (χ4n) is 1.51. The molecule has 18 heavy (non-hydrogen) atoms. The lowest BCUT2D eigenvalue weighted by atomic mass is 10.1. The van der Waals surface area contributed by atoms with Crippen LogP contribution in [-0.4, -0.2) is 30.4 Å².